The fourth-order valence-electron chi connectivity index (χ4n) is 3.06. The van der Waals surface area contributed by atoms with Crippen LogP contribution in [0.25, 0.3) is 0 Å². The Balaban J connectivity index is 1.94. The lowest BCUT2D eigenvalue weighted by atomic mass is 9.75. The summed E-state index contributed by atoms with van der Waals surface area (Å²) in [6.45, 7) is 7.11. The Morgan fingerprint density at radius 1 is 1.50 bits per heavy atom. The molecular weight excluding hydrogens is 256 g/mol. The number of furan rings is 1. The minimum Gasteiger partial charge on any atom is -0.478 e. The number of hydrogen-bond donors (Lipinski definition) is 1. The lowest BCUT2D eigenvalue weighted by Crippen LogP contribution is -2.34. The molecule has 1 aliphatic rings. The SMILES string of the molecule is CC1CCC(C(C)C)C(OCc2cc(C(=O)O)co2)C1. The predicted octanol–water partition coefficient (Wildman–Crippen LogP) is 3.96. The van der Waals surface area contributed by atoms with Crippen molar-refractivity contribution in [2.75, 3.05) is 0 Å². The van der Waals surface area contributed by atoms with Crippen molar-refractivity contribution in [3.8, 4) is 0 Å². The van der Waals surface area contributed by atoms with Crippen LogP contribution >= 0.6 is 0 Å². The highest BCUT2D eigenvalue weighted by atomic mass is 16.5. The molecule has 3 unspecified atom stereocenters. The van der Waals surface area contributed by atoms with E-state index in [4.69, 9.17) is 14.3 Å². The lowest BCUT2D eigenvalue weighted by Gasteiger charge is -2.37. The molecule has 1 N–H and O–H groups in total. The Morgan fingerprint density at radius 3 is 2.85 bits per heavy atom. The summed E-state index contributed by atoms with van der Waals surface area (Å²) < 4.78 is 11.3. The highest BCUT2D eigenvalue weighted by Crippen LogP contribution is 2.35. The second kappa shape index (κ2) is 6.44. The summed E-state index contributed by atoms with van der Waals surface area (Å²) in [6.07, 6.45) is 5.08. The van der Waals surface area contributed by atoms with Crippen LogP contribution in [0, 0.1) is 17.8 Å². The number of ether oxygens (including phenoxy) is 1. The minimum absolute atomic E-state index is 0.182. The average Bonchev–Trinajstić information content (AvgIpc) is 2.85. The van der Waals surface area contributed by atoms with Crippen molar-refractivity contribution < 1.29 is 19.1 Å². The van der Waals surface area contributed by atoms with Gasteiger partial charge in [0, 0.05) is 0 Å². The standard InChI is InChI=1S/C16H24O4/c1-10(2)14-5-4-11(3)6-15(14)20-9-13-7-12(8-19-13)16(17)18/h7-8,10-11,14-15H,4-6,9H2,1-3H3,(H,17,18). The predicted molar refractivity (Wildman–Crippen MR) is 75.6 cm³/mol. The normalized spacial score (nSPS) is 26.9. The van der Waals surface area contributed by atoms with Gasteiger partial charge in [-0.1, -0.05) is 27.2 Å². The summed E-state index contributed by atoms with van der Waals surface area (Å²) in [5.41, 5.74) is 0.182. The maximum atomic E-state index is 10.8. The molecule has 3 atom stereocenters. The Labute approximate surface area is 120 Å². The van der Waals surface area contributed by atoms with Crippen LogP contribution in [0.1, 0.15) is 56.2 Å². The molecule has 0 radical (unpaired) electrons. The van der Waals surface area contributed by atoms with Crippen molar-refractivity contribution in [2.45, 2.75) is 52.7 Å². The fraction of sp³-hybridized carbons (Fsp3) is 0.688. The van der Waals surface area contributed by atoms with E-state index in [0.29, 0.717) is 30.1 Å². The zero-order chi connectivity index (χ0) is 14.7. The molecule has 0 saturated heterocycles. The quantitative estimate of drug-likeness (QED) is 0.887. The molecule has 20 heavy (non-hydrogen) atoms. The van der Waals surface area contributed by atoms with E-state index < -0.39 is 5.97 Å². The van der Waals surface area contributed by atoms with Crippen molar-refractivity contribution in [1.82, 2.24) is 0 Å². The monoisotopic (exact) mass is 280 g/mol. The molecule has 1 aliphatic carbocycles. The van der Waals surface area contributed by atoms with Crippen LogP contribution in [0.4, 0.5) is 0 Å². The zero-order valence-corrected chi connectivity index (χ0v) is 12.5. The van der Waals surface area contributed by atoms with Crippen LogP contribution in [0.15, 0.2) is 16.7 Å². The second-order valence-corrected chi connectivity index (χ2v) is 6.28. The van der Waals surface area contributed by atoms with Gasteiger partial charge in [0.2, 0.25) is 0 Å². The van der Waals surface area contributed by atoms with E-state index in [1.807, 2.05) is 0 Å². The van der Waals surface area contributed by atoms with E-state index in [1.54, 1.807) is 6.07 Å². The van der Waals surface area contributed by atoms with Crippen molar-refractivity contribution in [3.63, 3.8) is 0 Å². The van der Waals surface area contributed by atoms with Gasteiger partial charge in [-0.25, -0.2) is 4.79 Å². The molecule has 1 aromatic rings. The molecular formula is C16H24O4. The molecule has 1 heterocycles. The molecule has 4 heteroatoms. The van der Waals surface area contributed by atoms with Crippen molar-refractivity contribution in [1.29, 1.82) is 0 Å². The molecule has 0 spiro atoms. The smallest absolute Gasteiger partial charge is 0.338 e. The molecule has 1 fully saturated rings. The van der Waals surface area contributed by atoms with Gasteiger partial charge in [-0.05, 0) is 36.7 Å². The molecule has 2 rings (SSSR count). The van der Waals surface area contributed by atoms with Gasteiger partial charge in [0.05, 0.1) is 11.7 Å². The van der Waals surface area contributed by atoms with Crippen molar-refractivity contribution >= 4 is 5.97 Å². The van der Waals surface area contributed by atoms with Crippen molar-refractivity contribution in [3.05, 3.63) is 23.7 Å². The highest BCUT2D eigenvalue weighted by molar-refractivity contribution is 5.87. The Morgan fingerprint density at radius 2 is 2.25 bits per heavy atom. The summed E-state index contributed by atoms with van der Waals surface area (Å²) in [5, 5.41) is 8.86. The van der Waals surface area contributed by atoms with Gasteiger partial charge in [0.1, 0.15) is 18.6 Å². The van der Waals surface area contributed by atoms with Gasteiger partial charge >= 0.3 is 5.97 Å². The topological polar surface area (TPSA) is 59.7 Å². The first-order valence-electron chi connectivity index (χ1n) is 7.39. The zero-order valence-electron chi connectivity index (χ0n) is 12.5. The Kier molecular flexibility index (Phi) is 4.86. The summed E-state index contributed by atoms with van der Waals surface area (Å²) in [7, 11) is 0. The first kappa shape index (κ1) is 15.1. The third-order valence-electron chi connectivity index (χ3n) is 4.30. The molecule has 112 valence electrons. The van der Waals surface area contributed by atoms with E-state index in [-0.39, 0.29) is 11.7 Å². The maximum absolute atomic E-state index is 10.8. The minimum atomic E-state index is -0.966. The lowest BCUT2D eigenvalue weighted by molar-refractivity contribution is -0.0522. The number of hydrogen-bond acceptors (Lipinski definition) is 3. The molecule has 0 aliphatic heterocycles. The van der Waals surface area contributed by atoms with E-state index >= 15 is 0 Å². The van der Waals surface area contributed by atoms with E-state index in [2.05, 4.69) is 20.8 Å². The van der Waals surface area contributed by atoms with Gasteiger partial charge in [0.15, 0.2) is 0 Å². The summed E-state index contributed by atoms with van der Waals surface area (Å²) >= 11 is 0. The van der Waals surface area contributed by atoms with E-state index in [0.717, 1.165) is 6.42 Å². The van der Waals surface area contributed by atoms with Crippen LogP contribution < -0.4 is 0 Å². The average molecular weight is 280 g/mol. The molecule has 0 bridgehead atoms. The van der Waals surface area contributed by atoms with Gasteiger partial charge in [-0.15, -0.1) is 0 Å². The third kappa shape index (κ3) is 3.63. The second-order valence-electron chi connectivity index (χ2n) is 6.28. The Bertz CT molecular complexity index is 449. The van der Waals surface area contributed by atoms with E-state index in [9.17, 15) is 4.79 Å². The molecule has 1 aromatic heterocycles. The fourth-order valence-corrected chi connectivity index (χ4v) is 3.06. The maximum Gasteiger partial charge on any atom is 0.338 e. The largest absolute Gasteiger partial charge is 0.478 e. The van der Waals surface area contributed by atoms with Gasteiger partial charge < -0.3 is 14.3 Å². The number of carbonyl (C=O) groups is 1. The van der Waals surface area contributed by atoms with Gasteiger partial charge in [0.25, 0.3) is 0 Å². The number of aromatic carboxylic acids is 1. The Hall–Kier alpha value is -1.29. The van der Waals surface area contributed by atoms with Crippen LogP contribution in [-0.4, -0.2) is 17.2 Å². The van der Waals surface area contributed by atoms with Crippen LogP contribution in [-0.2, 0) is 11.3 Å². The summed E-state index contributed by atoms with van der Waals surface area (Å²) in [5.74, 6) is 1.51. The third-order valence-corrected chi connectivity index (χ3v) is 4.30. The number of carboxylic acids is 1. The summed E-state index contributed by atoms with van der Waals surface area (Å²) in [6, 6.07) is 1.54. The molecule has 0 amide bonds. The first-order chi connectivity index (χ1) is 9.47. The van der Waals surface area contributed by atoms with Crippen LogP contribution in [0.2, 0.25) is 0 Å². The summed E-state index contributed by atoms with van der Waals surface area (Å²) in [4.78, 5) is 10.8. The van der Waals surface area contributed by atoms with E-state index in [1.165, 1.54) is 19.1 Å². The van der Waals surface area contributed by atoms with Crippen LogP contribution in [0.3, 0.4) is 0 Å². The number of rotatable bonds is 5. The highest BCUT2D eigenvalue weighted by Gasteiger charge is 2.31. The van der Waals surface area contributed by atoms with Crippen molar-refractivity contribution in [2.24, 2.45) is 17.8 Å². The van der Waals surface area contributed by atoms with Gasteiger partial charge in [-0.2, -0.15) is 0 Å². The van der Waals surface area contributed by atoms with Crippen LogP contribution in [0.5, 0.6) is 0 Å². The first-order valence-corrected chi connectivity index (χ1v) is 7.39. The molecule has 4 nitrogen and oxygen atoms in total. The molecule has 1 saturated carbocycles. The van der Waals surface area contributed by atoms with Gasteiger partial charge in [-0.3, -0.25) is 0 Å². The molecule has 0 aromatic carbocycles. The number of carboxylic acid groups (broad SMARTS) is 1.